The van der Waals surface area contributed by atoms with Gasteiger partial charge in [-0.25, -0.2) is 0 Å². The first-order valence-electron chi connectivity index (χ1n) is 11.6. The third-order valence-electron chi connectivity index (χ3n) is 4.98. The lowest BCUT2D eigenvalue weighted by molar-refractivity contribution is -0.142. The Morgan fingerprint density at radius 1 is 0.842 bits per heavy atom. The minimum Gasteiger partial charge on any atom is -0.481 e. The minimum absolute atomic E-state index is 0.0366. The Balaban J connectivity index is 3.05. The molecule has 0 aliphatic rings. The van der Waals surface area contributed by atoms with Gasteiger partial charge in [0.05, 0.1) is 6.42 Å². The molecule has 4 amide bonds. The summed E-state index contributed by atoms with van der Waals surface area (Å²) in [4.78, 5) is 76.1. The molecular formula is C23H33N7O8. The summed E-state index contributed by atoms with van der Waals surface area (Å²) in [6.07, 6.45) is -0.495. The number of nitrogens with two attached hydrogens (primary N) is 2. The molecule has 0 unspecified atom stereocenters. The van der Waals surface area contributed by atoms with E-state index >= 15 is 0 Å². The van der Waals surface area contributed by atoms with Crippen molar-refractivity contribution < 1.29 is 39.0 Å². The Labute approximate surface area is 218 Å². The lowest BCUT2D eigenvalue weighted by Gasteiger charge is -2.24. The van der Waals surface area contributed by atoms with Gasteiger partial charge in [0.25, 0.3) is 0 Å². The van der Waals surface area contributed by atoms with Gasteiger partial charge < -0.3 is 42.9 Å². The van der Waals surface area contributed by atoms with Crippen molar-refractivity contribution in [1.82, 2.24) is 21.3 Å². The summed E-state index contributed by atoms with van der Waals surface area (Å²) in [5.74, 6) is -6.05. The van der Waals surface area contributed by atoms with Gasteiger partial charge in [-0.3, -0.25) is 33.8 Å². The van der Waals surface area contributed by atoms with Crippen molar-refractivity contribution in [3.63, 3.8) is 0 Å². The molecule has 3 atom stereocenters. The highest BCUT2D eigenvalue weighted by atomic mass is 16.4. The van der Waals surface area contributed by atoms with Gasteiger partial charge in [-0.15, -0.1) is 0 Å². The van der Waals surface area contributed by atoms with Crippen LogP contribution in [0.4, 0.5) is 0 Å². The maximum atomic E-state index is 13.0. The fraction of sp³-hybridized carbons (Fsp3) is 0.435. The van der Waals surface area contributed by atoms with E-state index in [0.29, 0.717) is 5.56 Å². The molecule has 0 fully saturated rings. The van der Waals surface area contributed by atoms with Crippen molar-refractivity contribution in [1.29, 1.82) is 0 Å². The summed E-state index contributed by atoms with van der Waals surface area (Å²) >= 11 is 0. The number of amides is 4. The molecule has 1 rings (SSSR count). The number of hydrogen-bond acceptors (Lipinski definition) is 7. The average Bonchev–Trinajstić information content (AvgIpc) is 2.83. The van der Waals surface area contributed by atoms with Crippen molar-refractivity contribution >= 4 is 41.5 Å². The van der Waals surface area contributed by atoms with E-state index < -0.39 is 66.7 Å². The lowest BCUT2D eigenvalue weighted by Crippen LogP contribution is -2.57. The van der Waals surface area contributed by atoms with E-state index in [1.807, 2.05) is 0 Å². The predicted molar refractivity (Wildman–Crippen MR) is 134 cm³/mol. The number of carboxylic acids is 2. The highest BCUT2D eigenvalue weighted by Crippen LogP contribution is 2.06. The quantitative estimate of drug-likeness (QED) is 0.0623. The van der Waals surface area contributed by atoms with Crippen LogP contribution in [0, 0.1) is 0 Å². The van der Waals surface area contributed by atoms with Crippen molar-refractivity contribution in [2.24, 2.45) is 16.5 Å². The van der Waals surface area contributed by atoms with Crippen LogP contribution in [0.5, 0.6) is 0 Å². The van der Waals surface area contributed by atoms with Crippen LogP contribution >= 0.6 is 0 Å². The Bertz CT molecular complexity index is 1030. The van der Waals surface area contributed by atoms with Gasteiger partial charge >= 0.3 is 11.9 Å². The number of hydrogen-bond donors (Lipinski definition) is 8. The van der Waals surface area contributed by atoms with Crippen molar-refractivity contribution in [2.45, 2.75) is 50.7 Å². The number of aliphatic imine (C=N–C) groups is 1. The third kappa shape index (κ3) is 12.9. The van der Waals surface area contributed by atoms with Crippen LogP contribution in [0.1, 0.15) is 31.7 Å². The van der Waals surface area contributed by atoms with Crippen LogP contribution in [0.3, 0.4) is 0 Å². The lowest BCUT2D eigenvalue weighted by atomic mass is 10.0. The van der Waals surface area contributed by atoms with Gasteiger partial charge in [0, 0.05) is 19.9 Å². The maximum absolute atomic E-state index is 13.0. The van der Waals surface area contributed by atoms with Gasteiger partial charge in [-0.2, -0.15) is 0 Å². The number of carbonyl (C=O) groups is 6. The van der Waals surface area contributed by atoms with E-state index in [9.17, 15) is 33.9 Å². The molecule has 15 heteroatoms. The van der Waals surface area contributed by atoms with E-state index in [-0.39, 0.29) is 31.8 Å². The molecule has 0 aromatic heterocycles. The first-order chi connectivity index (χ1) is 17.9. The molecule has 0 radical (unpaired) electrons. The molecule has 1 aromatic rings. The zero-order valence-corrected chi connectivity index (χ0v) is 20.8. The van der Waals surface area contributed by atoms with Gasteiger partial charge in [0.2, 0.25) is 23.6 Å². The number of carboxylic acid groups (broad SMARTS) is 2. The topological polar surface area (TPSA) is 255 Å². The van der Waals surface area contributed by atoms with Gasteiger partial charge in [-0.1, -0.05) is 30.3 Å². The zero-order chi connectivity index (χ0) is 28.7. The summed E-state index contributed by atoms with van der Waals surface area (Å²) in [6, 6.07) is 4.50. The molecule has 0 heterocycles. The van der Waals surface area contributed by atoms with Crippen molar-refractivity contribution in [2.75, 3.05) is 13.1 Å². The number of aliphatic carboxylic acids is 2. The van der Waals surface area contributed by atoms with Crippen molar-refractivity contribution in [3.05, 3.63) is 35.9 Å². The molecule has 15 nitrogen and oxygen atoms in total. The number of nitrogens with zero attached hydrogens (tertiary/aromatic N) is 1. The monoisotopic (exact) mass is 535 g/mol. The van der Waals surface area contributed by atoms with E-state index in [1.54, 1.807) is 30.3 Å². The molecule has 0 aliphatic heterocycles. The minimum atomic E-state index is -1.61. The molecule has 1 aromatic carbocycles. The van der Waals surface area contributed by atoms with Crippen LogP contribution in [-0.4, -0.2) is 83.0 Å². The molecule has 0 bridgehead atoms. The highest BCUT2D eigenvalue weighted by Gasteiger charge is 2.31. The standard InChI is InChI=1S/C23H33N7O8/c1-13(31)28-15(8-5-9-26-23(24)25)21(37)30-17(11-18(32)33)22(38)29-16(20(36)27-12-19(34)35)10-14-6-3-2-4-7-14/h2-4,6-7,15-17H,5,8-12H2,1H3,(H,27,36)(H,28,31)(H,29,38)(H,30,37)(H,32,33)(H,34,35)(H4,24,25,26)/t15-,16-,17-/m0/s1. The van der Waals surface area contributed by atoms with E-state index in [1.165, 1.54) is 6.92 Å². The predicted octanol–water partition coefficient (Wildman–Crippen LogP) is -2.57. The van der Waals surface area contributed by atoms with Crippen LogP contribution in [0.15, 0.2) is 35.3 Å². The summed E-state index contributed by atoms with van der Waals surface area (Å²) in [5.41, 5.74) is 11.2. The van der Waals surface area contributed by atoms with E-state index in [4.69, 9.17) is 16.6 Å². The Morgan fingerprint density at radius 3 is 2.00 bits per heavy atom. The molecule has 208 valence electrons. The van der Waals surface area contributed by atoms with Gasteiger partial charge in [-0.05, 0) is 18.4 Å². The average molecular weight is 536 g/mol. The Hall–Kier alpha value is -4.69. The van der Waals surface area contributed by atoms with Crippen molar-refractivity contribution in [3.8, 4) is 0 Å². The normalized spacial score (nSPS) is 12.7. The molecule has 0 saturated heterocycles. The second-order valence-electron chi connectivity index (χ2n) is 8.22. The SMILES string of the molecule is CC(=O)N[C@@H](CCCN=C(N)N)C(=O)N[C@@H](CC(=O)O)C(=O)N[C@@H](Cc1ccccc1)C(=O)NCC(=O)O. The molecule has 10 N–H and O–H groups in total. The summed E-state index contributed by atoms with van der Waals surface area (Å²) in [5, 5.41) is 27.4. The summed E-state index contributed by atoms with van der Waals surface area (Å²) < 4.78 is 0. The summed E-state index contributed by atoms with van der Waals surface area (Å²) in [7, 11) is 0. The fourth-order valence-electron chi connectivity index (χ4n) is 3.29. The Morgan fingerprint density at radius 2 is 1.45 bits per heavy atom. The summed E-state index contributed by atoms with van der Waals surface area (Å²) in [6.45, 7) is 0.645. The molecular weight excluding hydrogens is 502 g/mol. The molecule has 0 spiro atoms. The second-order valence-corrected chi connectivity index (χ2v) is 8.22. The van der Waals surface area contributed by atoms with Crippen LogP contribution in [0.2, 0.25) is 0 Å². The van der Waals surface area contributed by atoms with E-state index in [0.717, 1.165) is 0 Å². The van der Waals surface area contributed by atoms with Gasteiger partial charge in [0.1, 0.15) is 24.7 Å². The number of carbonyl (C=O) groups excluding carboxylic acids is 4. The van der Waals surface area contributed by atoms with Gasteiger partial charge in [0.15, 0.2) is 5.96 Å². The smallest absolute Gasteiger partial charge is 0.322 e. The van der Waals surface area contributed by atoms with Crippen LogP contribution in [-0.2, 0) is 35.2 Å². The van der Waals surface area contributed by atoms with E-state index in [2.05, 4.69) is 26.3 Å². The molecule has 0 saturated carbocycles. The maximum Gasteiger partial charge on any atom is 0.322 e. The third-order valence-corrected chi connectivity index (χ3v) is 4.98. The molecule has 38 heavy (non-hydrogen) atoms. The number of nitrogens with one attached hydrogen (secondary N) is 4. The van der Waals surface area contributed by atoms with Crippen LogP contribution in [0.25, 0.3) is 0 Å². The fourth-order valence-corrected chi connectivity index (χ4v) is 3.29. The number of guanidine groups is 1. The number of benzene rings is 1. The second kappa shape index (κ2) is 16.1. The molecule has 0 aliphatic carbocycles. The first-order valence-corrected chi connectivity index (χ1v) is 11.6. The highest BCUT2D eigenvalue weighted by molar-refractivity contribution is 5.96. The zero-order valence-electron chi connectivity index (χ0n) is 20.8. The largest absolute Gasteiger partial charge is 0.481 e. The van der Waals surface area contributed by atoms with Crippen LogP contribution < -0.4 is 32.7 Å². The first kappa shape index (κ1) is 31.3. The Kier molecular flexibility index (Phi) is 13.3. The number of rotatable bonds is 16.